The van der Waals surface area contributed by atoms with Crippen LogP contribution in [0.5, 0.6) is 0 Å². The number of carboxylic acid groups (broad SMARTS) is 1. The Morgan fingerprint density at radius 1 is 1.16 bits per heavy atom. The Morgan fingerprint density at radius 3 is 2.35 bits per heavy atom. The van der Waals surface area contributed by atoms with Crippen LogP contribution in [0, 0.1) is 5.41 Å². The monoisotopic (exact) mass is 445 g/mol. The Balaban J connectivity index is 2.33. The number of pyridine rings is 1. The lowest BCUT2D eigenvalue weighted by molar-refractivity contribution is -0.124. The highest BCUT2D eigenvalue weighted by molar-refractivity contribution is 6.30. The van der Waals surface area contributed by atoms with Crippen molar-refractivity contribution < 1.29 is 19.5 Å². The smallest absolute Gasteiger partial charge is 0.339 e. The van der Waals surface area contributed by atoms with Gasteiger partial charge in [0.05, 0.1) is 18.4 Å². The second-order valence-corrected chi connectivity index (χ2v) is 8.75. The highest BCUT2D eigenvalue weighted by Crippen LogP contribution is 2.25. The van der Waals surface area contributed by atoms with Crippen LogP contribution in [-0.2, 0) is 4.79 Å². The van der Waals surface area contributed by atoms with E-state index in [2.05, 4.69) is 10.3 Å². The number of unbranched alkanes of at least 4 members (excludes halogenated alkanes) is 1. The Hall–Kier alpha value is -2.93. The molecule has 0 radical (unpaired) electrons. The second kappa shape index (κ2) is 10.4. The third-order valence-corrected chi connectivity index (χ3v) is 4.97. The molecule has 8 heteroatoms. The molecule has 2 aromatic rings. The molecule has 1 heterocycles. The van der Waals surface area contributed by atoms with Gasteiger partial charge < -0.3 is 15.3 Å². The van der Waals surface area contributed by atoms with E-state index >= 15 is 0 Å². The van der Waals surface area contributed by atoms with Crippen LogP contribution >= 0.6 is 11.6 Å². The molecular weight excluding hydrogens is 418 g/mol. The summed E-state index contributed by atoms with van der Waals surface area (Å²) in [6, 6.07) is 7.69. The first-order valence-electron chi connectivity index (χ1n) is 10.1. The maximum Gasteiger partial charge on any atom is 0.339 e. The first-order valence-corrected chi connectivity index (χ1v) is 10.5. The first kappa shape index (κ1) is 24.3. The van der Waals surface area contributed by atoms with Gasteiger partial charge in [0.1, 0.15) is 11.4 Å². The van der Waals surface area contributed by atoms with Crippen LogP contribution in [0.15, 0.2) is 36.5 Å². The number of nitrogens with zero attached hydrogens (tertiary/aromatic N) is 2. The van der Waals surface area contributed by atoms with Gasteiger partial charge >= 0.3 is 5.97 Å². The number of aromatic carboxylic acids is 1. The first-order chi connectivity index (χ1) is 14.5. The van der Waals surface area contributed by atoms with Crippen molar-refractivity contribution in [3.05, 3.63) is 52.7 Å². The molecule has 0 aliphatic carbocycles. The number of ketones is 1. The maximum absolute atomic E-state index is 12.6. The summed E-state index contributed by atoms with van der Waals surface area (Å²) in [6.07, 6.45) is 3.07. The third-order valence-electron chi connectivity index (χ3n) is 4.71. The van der Waals surface area contributed by atoms with Crippen molar-refractivity contribution in [3.63, 3.8) is 0 Å². The number of nitrogens with one attached hydrogen (secondary N) is 1. The maximum atomic E-state index is 12.6. The summed E-state index contributed by atoms with van der Waals surface area (Å²) in [6.45, 7) is 8.07. The lowest BCUT2D eigenvalue weighted by atomic mass is 9.90. The van der Waals surface area contributed by atoms with Crippen molar-refractivity contribution in [2.45, 2.75) is 40.5 Å². The fourth-order valence-corrected chi connectivity index (χ4v) is 2.89. The molecular formula is C23H28ClN3O4. The van der Waals surface area contributed by atoms with E-state index in [1.807, 2.05) is 27.7 Å². The number of Topliss-reactive ketones (excluding diaryl/α,β-unsaturated/α-hetero) is 1. The normalized spacial score (nSPS) is 11.1. The van der Waals surface area contributed by atoms with Gasteiger partial charge in [-0.05, 0) is 36.8 Å². The molecule has 0 aliphatic rings. The molecule has 1 aromatic carbocycles. The molecule has 2 N–H and O–H groups in total. The van der Waals surface area contributed by atoms with Crippen LogP contribution in [0.3, 0.4) is 0 Å². The van der Waals surface area contributed by atoms with Crippen LogP contribution in [0.1, 0.15) is 61.3 Å². The summed E-state index contributed by atoms with van der Waals surface area (Å²) in [5.41, 5.74) is -0.00326. The average molecular weight is 446 g/mol. The third kappa shape index (κ3) is 6.79. The van der Waals surface area contributed by atoms with Crippen LogP contribution in [-0.4, -0.2) is 40.8 Å². The van der Waals surface area contributed by atoms with Gasteiger partial charge in [-0.1, -0.05) is 45.7 Å². The molecule has 0 saturated carbocycles. The summed E-state index contributed by atoms with van der Waals surface area (Å²) in [4.78, 5) is 43.0. The number of carboxylic acids is 1. The van der Waals surface area contributed by atoms with Crippen molar-refractivity contribution in [1.82, 2.24) is 4.98 Å². The van der Waals surface area contributed by atoms with Gasteiger partial charge in [0.2, 0.25) is 0 Å². The van der Waals surface area contributed by atoms with E-state index < -0.39 is 17.3 Å². The van der Waals surface area contributed by atoms with Gasteiger partial charge in [-0.25, -0.2) is 9.78 Å². The van der Waals surface area contributed by atoms with Crippen molar-refractivity contribution in [2.75, 3.05) is 23.3 Å². The van der Waals surface area contributed by atoms with E-state index in [1.54, 1.807) is 29.2 Å². The average Bonchev–Trinajstić information content (AvgIpc) is 2.70. The topological polar surface area (TPSA) is 99.6 Å². The second-order valence-electron chi connectivity index (χ2n) is 8.31. The van der Waals surface area contributed by atoms with Crippen LogP contribution in [0.25, 0.3) is 0 Å². The molecule has 31 heavy (non-hydrogen) atoms. The molecule has 166 valence electrons. The number of rotatable bonds is 9. The van der Waals surface area contributed by atoms with Gasteiger partial charge in [0.25, 0.3) is 5.91 Å². The zero-order chi connectivity index (χ0) is 23.2. The number of halogens is 1. The van der Waals surface area contributed by atoms with Crippen molar-refractivity contribution in [2.24, 2.45) is 5.41 Å². The Morgan fingerprint density at radius 2 is 1.81 bits per heavy atom. The minimum Gasteiger partial charge on any atom is -0.478 e. The lowest BCUT2D eigenvalue weighted by Crippen LogP contribution is -2.37. The number of carbonyl (C=O) groups is 3. The largest absolute Gasteiger partial charge is 0.478 e. The quantitative estimate of drug-likeness (QED) is 0.569. The zero-order valence-electron chi connectivity index (χ0n) is 18.2. The van der Waals surface area contributed by atoms with Gasteiger partial charge in [-0.15, -0.1) is 0 Å². The van der Waals surface area contributed by atoms with Crippen LogP contribution in [0.4, 0.5) is 11.5 Å². The summed E-state index contributed by atoms with van der Waals surface area (Å²) in [5, 5.41) is 12.9. The molecule has 7 nitrogen and oxygen atoms in total. The van der Waals surface area contributed by atoms with Gasteiger partial charge in [-0.3, -0.25) is 9.59 Å². The molecule has 2 rings (SSSR count). The van der Waals surface area contributed by atoms with E-state index in [1.165, 1.54) is 12.3 Å². The predicted octanol–water partition coefficient (Wildman–Crippen LogP) is 4.91. The molecule has 0 saturated heterocycles. The fourth-order valence-electron chi connectivity index (χ4n) is 2.76. The standard InChI is InChI=1S/C23H28ClN3O4/c1-5-6-11-27(14-19(28)23(2,3)4)20-18(22(30)31)12-17(13-25-20)26-21(29)15-7-9-16(24)10-8-15/h7-10,12-13H,5-6,11,14H2,1-4H3,(H,26,29)(H,30,31). The van der Waals surface area contributed by atoms with E-state index in [-0.39, 0.29) is 29.4 Å². The molecule has 0 bridgehead atoms. The number of aromatic nitrogens is 1. The zero-order valence-corrected chi connectivity index (χ0v) is 19.0. The van der Waals surface area contributed by atoms with E-state index in [0.29, 0.717) is 17.1 Å². The number of amides is 1. The van der Waals surface area contributed by atoms with Crippen LogP contribution < -0.4 is 10.2 Å². The molecule has 0 atom stereocenters. The molecule has 1 aromatic heterocycles. The van der Waals surface area contributed by atoms with Gasteiger partial charge in [0.15, 0.2) is 5.78 Å². The summed E-state index contributed by atoms with van der Waals surface area (Å²) in [5.74, 6) is -1.40. The van der Waals surface area contributed by atoms with Crippen LogP contribution in [0.2, 0.25) is 5.02 Å². The Bertz CT molecular complexity index is 952. The minimum absolute atomic E-state index is 0.0122. The Kier molecular flexibility index (Phi) is 8.16. The van der Waals surface area contributed by atoms with Gasteiger partial charge in [-0.2, -0.15) is 0 Å². The van der Waals surface area contributed by atoms with Gasteiger partial charge in [0, 0.05) is 22.5 Å². The molecule has 0 aliphatic heterocycles. The number of hydrogen-bond acceptors (Lipinski definition) is 5. The minimum atomic E-state index is -1.19. The molecule has 0 unspecified atom stereocenters. The molecule has 0 spiro atoms. The van der Waals surface area contributed by atoms with E-state index in [0.717, 1.165) is 12.8 Å². The van der Waals surface area contributed by atoms with E-state index in [4.69, 9.17) is 11.6 Å². The fraction of sp³-hybridized carbons (Fsp3) is 0.391. The number of carbonyl (C=O) groups excluding carboxylic acids is 2. The summed E-state index contributed by atoms with van der Waals surface area (Å²) in [7, 11) is 0. The predicted molar refractivity (Wildman–Crippen MR) is 122 cm³/mol. The number of anilines is 2. The Labute approximate surface area is 187 Å². The van der Waals surface area contributed by atoms with E-state index in [9.17, 15) is 19.5 Å². The highest BCUT2D eigenvalue weighted by Gasteiger charge is 2.26. The number of hydrogen-bond donors (Lipinski definition) is 2. The van der Waals surface area contributed by atoms with Crippen molar-refractivity contribution in [1.29, 1.82) is 0 Å². The van der Waals surface area contributed by atoms with Crippen molar-refractivity contribution in [3.8, 4) is 0 Å². The SMILES string of the molecule is CCCCN(CC(=O)C(C)(C)C)c1ncc(NC(=O)c2ccc(Cl)cc2)cc1C(=O)O. The lowest BCUT2D eigenvalue weighted by Gasteiger charge is -2.28. The molecule has 0 fully saturated rings. The van der Waals surface area contributed by atoms with Crippen molar-refractivity contribution >= 4 is 40.8 Å². The molecule has 1 amide bonds. The number of benzene rings is 1. The summed E-state index contributed by atoms with van der Waals surface area (Å²) >= 11 is 5.84. The highest BCUT2D eigenvalue weighted by atomic mass is 35.5. The summed E-state index contributed by atoms with van der Waals surface area (Å²) < 4.78 is 0.